The van der Waals surface area contributed by atoms with Crippen LogP contribution in [0.4, 0.5) is 0 Å². The Morgan fingerprint density at radius 1 is 0.725 bits per heavy atom. The number of carbonyl (C=O) groups is 2. The molecule has 0 aromatic carbocycles. The SMILES string of the molecule is CC.CC(C)C(=O)CCCCCc1ccc(C(C)C)nc1.CCc1cc(CCCCCC(=O)C(C)CC)ccn1. The van der Waals surface area contributed by atoms with Gasteiger partial charge in [0.15, 0.2) is 0 Å². The zero-order chi connectivity index (χ0) is 30.3. The Balaban J connectivity index is 0.000000716. The number of nitrogens with zero attached hydrogens (tertiary/aromatic N) is 2. The Hall–Kier alpha value is -2.36. The Morgan fingerprint density at radius 2 is 1.32 bits per heavy atom. The molecule has 0 saturated carbocycles. The molecule has 2 aromatic rings. The number of aryl methyl sites for hydroxylation is 3. The number of ketones is 2. The highest BCUT2D eigenvalue weighted by atomic mass is 16.1. The molecule has 40 heavy (non-hydrogen) atoms. The number of carbonyl (C=O) groups excluding carboxylic acids is 2. The molecule has 0 fully saturated rings. The molecule has 2 rings (SSSR count). The minimum Gasteiger partial charge on any atom is -0.299 e. The Bertz CT molecular complexity index is 919. The van der Waals surface area contributed by atoms with Crippen molar-refractivity contribution in [3.8, 4) is 0 Å². The lowest BCUT2D eigenvalue weighted by atomic mass is 9.98. The maximum absolute atomic E-state index is 11.7. The highest BCUT2D eigenvalue weighted by Gasteiger charge is 2.09. The molecule has 1 atom stereocenters. The highest BCUT2D eigenvalue weighted by molar-refractivity contribution is 5.80. The molecule has 0 bridgehead atoms. The highest BCUT2D eigenvalue weighted by Crippen LogP contribution is 2.14. The molecular weight excluding hydrogens is 492 g/mol. The van der Waals surface area contributed by atoms with Gasteiger partial charge in [0.25, 0.3) is 0 Å². The first kappa shape index (κ1) is 37.6. The molecule has 0 aliphatic carbocycles. The van der Waals surface area contributed by atoms with E-state index in [1.807, 2.05) is 47.0 Å². The van der Waals surface area contributed by atoms with Gasteiger partial charge in [0, 0.05) is 48.5 Å². The second kappa shape index (κ2) is 23.4. The van der Waals surface area contributed by atoms with Crippen molar-refractivity contribution in [2.24, 2.45) is 11.8 Å². The third-order valence-corrected chi connectivity index (χ3v) is 7.27. The van der Waals surface area contributed by atoms with Crippen molar-refractivity contribution in [1.82, 2.24) is 9.97 Å². The molecule has 0 amide bonds. The lowest BCUT2D eigenvalue weighted by molar-refractivity contribution is -0.123. The van der Waals surface area contributed by atoms with Crippen LogP contribution in [0.2, 0.25) is 0 Å². The minimum absolute atomic E-state index is 0.188. The second-order valence-corrected chi connectivity index (χ2v) is 11.3. The molecule has 4 nitrogen and oxygen atoms in total. The summed E-state index contributed by atoms with van der Waals surface area (Å²) < 4.78 is 0. The molecule has 226 valence electrons. The van der Waals surface area contributed by atoms with Crippen LogP contribution in [0.15, 0.2) is 36.7 Å². The summed E-state index contributed by atoms with van der Waals surface area (Å²) in [5, 5.41) is 0. The molecule has 0 N–H and O–H groups in total. The van der Waals surface area contributed by atoms with E-state index in [2.05, 4.69) is 61.9 Å². The lowest BCUT2D eigenvalue weighted by Crippen LogP contribution is -2.09. The van der Waals surface area contributed by atoms with Gasteiger partial charge in [-0.3, -0.25) is 19.6 Å². The first-order valence-electron chi connectivity index (χ1n) is 16.1. The van der Waals surface area contributed by atoms with Crippen LogP contribution in [0.1, 0.15) is 149 Å². The van der Waals surface area contributed by atoms with Crippen molar-refractivity contribution in [3.05, 3.63) is 59.2 Å². The zero-order valence-corrected chi connectivity index (χ0v) is 27.4. The summed E-state index contributed by atoms with van der Waals surface area (Å²) in [6, 6.07) is 8.61. The first-order chi connectivity index (χ1) is 19.2. The molecule has 0 radical (unpaired) electrons. The van der Waals surface area contributed by atoms with Crippen molar-refractivity contribution >= 4 is 11.6 Å². The van der Waals surface area contributed by atoms with E-state index in [1.165, 1.54) is 23.2 Å². The van der Waals surface area contributed by atoms with Crippen molar-refractivity contribution in [3.63, 3.8) is 0 Å². The predicted octanol–water partition coefficient (Wildman–Crippen LogP) is 9.92. The van der Waals surface area contributed by atoms with Gasteiger partial charge in [0.2, 0.25) is 0 Å². The minimum atomic E-state index is 0.188. The summed E-state index contributed by atoms with van der Waals surface area (Å²) in [6.45, 7) is 18.5. The largest absolute Gasteiger partial charge is 0.299 e. The second-order valence-electron chi connectivity index (χ2n) is 11.3. The van der Waals surface area contributed by atoms with Gasteiger partial charge >= 0.3 is 0 Å². The van der Waals surface area contributed by atoms with Crippen LogP contribution in [0.5, 0.6) is 0 Å². The number of pyridine rings is 2. The van der Waals surface area contributed by atoms with Gasteiger partial charge < -0.3 is 0 Å². The number of unbranched alkanes of at least 4 members (excludes halogenated alkanes) is 4. The van der Waals surface area contributed by atoms with Gasteiger partial charge in [-0.2, -0.15) is 0 Å². The smallest absolute Gasteiger partial charge is 0.135 e. The van der Waals surface area contributed by atoms with Crippen LogP contribution in [0.25, 0.3) is 0 Å². The van der Waals surface area contributed by atoms with Gasteiger partial charge in [-0.05, 0) is 86.6 Å². The maximum atomic E-state index is 11.7. The molecule has 1 unspecified atom stereocenters. The fourth-order valence-electron chi connectivity index (χ4n) is 4.18. The number of Topliss-reactive ketones (excluding diaryl/α,β-unsaturated/α-hetero) is 2. The molecule has 4 heteroatoms. The number of hydrogen-bond acceptors (Lipinski definition) is 4. The van der Waals surface area contributed by atoms with E-state index >= 15 is 0 Å². The molecular formula is C36H60N2O2. The Morgan fingerprint density at radius 3 is 1.82 bits per heavy atom. The van der Waals surface area contributed by atoms with Crippen molar-refractivity contribution in [2.45, 2.75) is 145 Å². The van der Waals surface area contributed by atoms with Crippen molar-refractivity contribution in [1.29, 1.82) is 0 Å². The summed E-state index contributed by atoms with van der Waals surface area (Å²) in [7, 11) is 0. The zero-order valence-electron chi connectivity index (χ0n) is 27.4. The van der Waals surface area contributed by atoms with E-state index in [0.717, 1.165) is 76.3 Å². The fraction of sp³-hybridized carbons (Fsp3) is 0.667. The summed E-state index contributed by atoms with van der Waals surface area (Å²) in [4.78, 5) is 31.9. The van der Waals surface area contributed by atoms with E-state index in [4.69, 9.17) is 0 Å². The van der Waals surface area contributed by atoms with Crippen LogP contribution in [0, 0.1) is 11.8 Å². The Labute approximate surface area is 247 Å². The Kier molecular flexibility index (Phi) is 22.0. The molecule has 0 spiro atoms. The van der Waals surface area contributed by atoms with E-state index in [1.54, 1.807) is 0 Å². The molecule has 0 aliphatic heterocycles. The number of aromatic nitrogens is 2. The fourth-order valence-corrected chi connectivity index (χ4v) is 4.18. The van der Waals surface area contributed by atoms with E-state index in [0.29, 0.717) is 17.5 Å². The van der Waals surface area contributed by atoms with E-state index in [9.17, 15) is 9.59 Å². The quantitative estimate of drug-likeness (QED) is 0.183. The van der Waals surface area contributed by atoms with Crippen molar-refractivity contribution in [2.75, 3.05) is 0 Å². The molecule has 0 aliphatic rings. The number of rotatable bonds is 17. The van der Waals surface area contributed by atoms with Gasteiger partial charge in [-0.25, -0.2) is 0 Å². The van der Waals surface area contributed by atoms with E-state index < -0.39 is 0 Å². The first-order valence-corrected chi connectivity index (χ1v) is 16.1. The third-order valence-electron chi connectivity index (χ3n) is 7.27. The van der Waals surface area contributed by atoms with E-state index in [-0.39, 0.29) is 11.8 Å². The van der Waals surface area contributed by atoms with Gasteiger partial charge in [-0.1, -0.05) is 81.2 Å². The predicted molar refractivity (Wildman–Crippen MR) is 172 cm³/mol. The summed E-state index contributed by atoms with van der Waals surface area (Å²) in [6.07, 6.45) is 16.2. The summed E-state index contributed by atoms with van der Waals surface area (Å²) in [5.74, 6) is 1.75. The molecule has 0 saturated heterocycles. The normalized spacial score (nSPS) is 11.4. The van der Waals surface area contributed by atoms with Crippen LogP contribution in [-0.4, -0.2) is 21.5 Å². The third kappa shape index (κ3) is 17.4. The summed E-state index contributed by atoms with van der Waals surface area (Å²) in [5.41, 5.74) is 5.01. The van der Waals surface area contributed by atoms with Gasteiger partial charge in [-0.15, -0.1) is 0 Å². The number of hydrogen-bond donors (Lipinski definition) is 0. The average molecular weight is 553 g/mol. The lowest BCUT2D eigenvalue weighted by Gasteiger charge is -2.07. The summed E-state index contributed by atoms with van der Waals surface area (Å²) >= 11 is 0. The monoisotopic (exact) mass is 552 g/mol. The van der Waals surface area contributed by atoms with Crippen LogP contribution >= 0.6 is 0 Å². The van der Waals surface area contributed by atoms with Gasteiger partial charge in [0.1, 0.15) is 11.6 Å². The van der Waals surface area contributed by atoms with Crippen molar-refractivity contribution < 1.29 is 9.59 Å². The van der Waals surface area contributed by atoms with Gasteiger partial charge in [0.05, 0.1) is 0 Å². The van der Waals surface area contributed by atoms with Crippen LogP contribution in [0.3, 0.4) is 0 Å². The topological polar surface area (TPSA) is 59.9 Å². The standard InChI is InChI=1S/2C17H27NO.C2H6/c1-13(2)16-11-10-15(12-18-16)8-6-5-7-9-17(19)14(3)4;1-4-14(3)17(19)10-8-6-7-9-15-11-12-18-16(5-2)13-15;1-2/h10-14H,5-9H2,1-4H3;11-14H,4-10H2,1-3H3;1-2H3. The van der Waals surface area contributed by atoms with Crippen LogP contribution < -0.4 is 0 Å². The maximum Gasteiger partial charge on any atom is 0.135 e. The average Bonchev–Trinajstić information content (AvgIpc) is 2.97. The van der Waals surface area contributed by atoms with Crippen LogP contribution in [-0.2, 0) is 28.9 Å². The molecule has 2 heterocycles. The molecule has 2 aromatic heterocycles.